The van der Waals surface area contributed by atoms with Gasteiger partial charge >= 0.3 is 0 Å². The SMILES string of the molecule is COc1cccc(C(NCCc2ccncc2CCc2cccnc2)C(N)=O)c1. The molecule has 2 heterocycles. The number of carbonyl (C=O) groups is 1. The number of aryl methyl sites for hydroxylation is 2. The van der Waals surface area contributed by atoms with Crippen LogP contribution >= 0.6 is 0 Å². The highest BCUT2D eigenvalue weighted by molar-refractivity contribution is 5.81. The van der Waals surface area contributed by atoms with Gasteiger partial charge in [-0.3, -0.25) is 14.8 Å². The van der Waals surface area contributed by atoms with Gasteiger partial charge < -0.3 is 15.8 Å². The van der Waals surface area contributed by atoms with E-state index in [0.717, 1.165) is 24.8 Å². The van der Waals surface area contributed by atoms with Gasteiger partial charge in [-0.25, -0.2) is 0 Å². The van der Waals surface area contributed by atoms with Crippen LogP contribution in [0.3, 0.4) is 0 Å². The predicted octanol–water partition coefficient (Wildman–Crippen LogP) is 2.63. The molecule has 0 spiro atoms. The van der Waals surface area contributed by atoms with Gasteiger partial charge in [0.05, 0.1) is 7.11 Å². The van der Waals surface area contributed by atoms with Gasteiger partial charge in [-0.2, -0.15) is 0 Å². The molecule has 0 fully saturated rings. The van der Waals surface area contributed by atoms with Crippen LogP contribution in [0.25, 0.3) is 0 Å². The summed E-state index contributed by atoms with van der Waals surface area (Å²) in [5.74, 6) is 0.284. The number of hydrogen-bond donors (Lipinski definition) is 2. The lowest BCUT2D eigenvalue weighted by Crippen LogP contribution is -2.34. The first-order chi connectivity index (χ1) is 14.2. The zero-order valence-corrected chi connectivity index (χ0v) is 16.5. The van der Waals surface area contributed by atoms with E-state index in [1.54, 1.807) is 19.5 Å². The maximum Gasteiger partial charge on any atom is 0.239 e. The van der Waals surface area contributed by atoms with Crippen molar-refractivity contribution in [3.8, 4) is 5.75 Å². The molecular formula is C23H26N4O2. The van der Waals surface area contributed by atoms with Gasteiger partial charge in [0.15, 0.2) is 0 Å². The lowest BCUT2D eigenvalue weighted by molar-refractivity contribution is -0.120. The minimum Gasteiger partial charge on any atom is -0.497 e. The average molecular weight is 390 g/mol. The van der Waals surface area contributed by atoms with Crippen LogP contribution in [0.4, 0.5) is 0 Å². The minimum atomic E-state index is -0.564. The molecule has 150 valence electrons. The number of nitrogens with zero attached hydrogens (tertiary/aromatic N) is 2. The van der Waals surface area contributed by atoms with E-state index in [-0.39, 0.29) is 0 Å². The summed E-state index contributed by atoms with van der Waals surface area (Å²) in [4.78, 5) is 20.4. The number of methoxy groups -OCH3 is 1. The van der Waals surface area contributed by atoms with Gasteiger partial charge in [-0.1, -0.05) is 18.2 Å². The number of pyridine rings is 2. The van der Waals surface area contributed by atoms with Crippen molar-refractivity contribution >= 4 is 5.91 Å². The molecule has 2 aromatic heterocycles. The molecule has 3 N–H and O–H groups in total. The van der Waals surface area contributed by atoms with Gasteiger partial charge in [0.2, 0.25) is 5.91 Å². The van der Waals surface area contributed by atoms with E-state index < -0.39 is 11.9 Å². The zero-order valence-electron chi connectivity index (χ0n) is 16.5. The van der Waals surface area contributed by atoms with Crippen molar-refractivity contribution in [3.05, 3.63) is 89.5 Å². The quantitative estimate of drug-likeness (QED) is 0.555. The molecule has 0 aliphatic heterocycles. The van der Waals surface area contributed by atoms with Crippen molar-refractivity contribution in [2.75, 3.05) is 13.7 Å². The Morgan fingerprint density at radius 3 is 2.66 bits per heavy atom. The summed E-state index contributed by atoms with van der Waals surface area (Å²) in [7, 11) is 1.60. The number of ether oxygens (including phenoxy) is 1. The maximum absolute atomic E-state index is 12.0. The Hall–Kier alpha value is -3.25. The molecule has 29 heavy (non-hydrogen) atoms. The summed E-state index contributed by atoms with van der Waals surface area (Å²) < 4.78 is 5.25. The molecule has 6 nitrogen and oxygen atoms in total. The first-order valence-corrected chi connectivity index (χ1v) is 9.64. The molecule has 6 heteroatoms. The summed E-state index contributed by atoms with van der Waals surface area (Å²) in [6.45, 7) is 0.620. The van der Waals surface area contributed by atoms with Crippen LogP contribution in [0.5, 0.6) is 5.75 Å². The second kappa shape index (κ2) is 10.3. The zero-order chi connectivity index (χ0) is 20.5. The topological polar surface area (TPSA) is 90.1 Å². The van der Waals surface area contributed by atoms with Gasteiger partial charge in [0.1, 0.15) is 11.8 Å². The highest BCUT2D eigenvalue weighted by atomic mass is 16.5. The lowest BCUT2D eigenvalue weighted by atomic mass is 10.00. The van der Waals surface area contributed by atoms with Gasteiger partial charge in [0, 0.05) is 31.3 Å². The third-order valence-electron chi connectivity index (χ3n) is 4.86. The molecule has 1 aromatic carbocycles. The molecule has 3 aromatic rings. The van der Waals surface area contributed by atoms with Crippen molar-refractivity contribution < 1.29 is 9.53 Å². The standard InChI is InChI=1S/C23H26N4O2/c1-29-21-6-2-5-19(14-21)22(23(24)28)27-13-10-18-9-12-26-16-20(18)8-7-17-4-3-11-25-15-17/h2-6,9,11-12,14-16,22,27H,7-8,10,13H2,1H3,(H2,24,28). The first kappa shape index (κ1) is 20.5. The van der Waals surface area contributed by atoms with Gasteiger partial charge in [-0.15, -0.1) is 0 Å². The van der Waals surface area contributed by atoms with E-state index in [0.29, 0.717) is 12.3 Å². The Balaban J connectivity index is 1.62. The van der Waals surface area contributed by atoms with E-state index in [1.165, 1.54) is 16.7 Å². The largest absolute Gasteiger partial charge is 0.497 e. The number of aromatic nitrogens is 2. The predicted molar refractivity (Wildman–Crippen MR) is 113 cm³/mol. The van der Waals surface area contributed by atoms with E-state index in [1.807, 2.05) is 48.8 Å². The number of rotatable bonds is 10. The van der Waals surface area contributed by atoms with E-state index in [4.69, 9.17) is 10.5 Å². The smallest absolute Gasteiger partial charge is 0.239 e. The Bertz CT molecular complexity index is 931. The van der Waals surface area contributed by atoms with E-state index in [2.05, 4.69) is 21.4 Å². The van der Waals surface area contributed by atoms with Crippen LogP contribution in [-0.4, -0.2) is 29.5 Å². The number of amides is 1. The summed E-state index contributed by atoms with van der Waals surface area (Å²) in [6.07, 6.45) is 9.97. The number of primary amides is 1. The number of nitrogens with one attached hydrogen (secondary N) is 1. The molecule has 1 amide bonds. The van der Waals surface area contributed by atoms with Crippen LogP contribution in [0.2, 0.25) is 0 Å². The Kier molecular flexibility index (Phi) is 7.30. The van der Waals surface area contributed by atoms with E-state index in [9.17, 15) is 4.79 Å². The van der Waals surface area contributed by atoms with Crippen LogP contribution in [0, 0.1) is 0 Å². The van der Waals surface area contributed by atoms with Crippen molar-refractivity contribution in [1.29, 1.82) is 0 Å². The fourth-order valence-electron chi connectivity index (χ4n) is 3.30. The molecule has 1 atom stereocenters. The number of benzene rings is 1. The highest BCUT2D eigenvalue weighted by Gasteiger charge is 2.17. The molecule has 0 radical (unpaired) electrons. The summed E-state index contributed by atoms with van der Waals surface area (Å²) in [5, 5.41) is 3.28. The molecule has 1 unspecified atom stereocenters. The summed E-state index contributed by atoms with van der Waals surface area (Å²) in [5.41, 5.74) is 10.0. The van der Waals surface area contributed by atoms with Gasteiger partial charge in [-0.05, 0) is 65.8 Å². The second-order valence-electron chi connectivity index (χ2n) is 6.82. The van der Waals surface area contributed by atoms with Crippen molar-refractivity contribution in [2.24, 2.45) is 5.73 Å². The number of nitrogens with two attached hydrogens (primary N) is 1. The second-order valence-corrected chi connectivity index (χ2v) is 6.82. The summed E-state index contributed by atoms with van der Waals surface area (Å²) >= 11 is 0. The minimum absolute atomic E-state index is 0.412. The van der Waals surface area contributed by atoms with E-state index >= 15 is 0 Å². The van der Waals surface area contributed by atoms with Crippen molar-refractivity contribution in [3.63, 3.8) is 0 Å². The van der Waals surface area contributed by atoms with Crippen molar-refractivity contribution in [2.45, 2.75) is 25.3 Å². The molecule has 0 saturated carbocycles. The number of carbonyl (C=O) groups excluding carboxylic acids is 1. The first-order valence-electron chi connectivity index (χ1n) is 9.64. The van der Waals surface area contributed by atoms with Crippen LogP contribution in [-0.2, 0) is 24.1 Å². The molecular weight excluding hydrogens is 364 g/mol. The lowest BCUT2D eigenvalue weighted by Gasteiger charge is -2.17. The van der Waals surface area contributed by atoms with Crippen LogP contribution in [0.15, 0.2) is 67.3 Å². The summed E-state index contributed by atoms with van der Waals surface area (Å²) in [6, 6.07) is 12.9. The Labute approximate surface area is 171 Å². The fraction of sp³-hybridized carbons (Fsp3) is 0.261. The number of hydrogen-bond acceptors (Lipinski definition) is 5. The van der Waals surface area contributed by atoms with Gasteiger partial charge in [0.25, 0.3) is 0 Å². The third kappa shape index (κ3) is 5.86. The van der Waals surface area contributed by atoms with Crippen LogP contribution < -0.4 is 15.8 Å². The Morgan fingerprint density at radius 1 is 1.03 bits per heavy atom. The Morgan fingerprint density at radius 2 is 1.90 bits per heavy atom. The highest BCUT2D eigenvalue weighted by Crippen LogP contribution is 2.19. The molecule has 3 rings (SSSR count). The third-order valence-corrected chi connectivity index (χ3v) is 4.86. The molecule has 0 saturated heterocycles. The van der Waals surface area contributed by atoms with Crippen LogP contribution in [0.1, 0.15) is 28.3 Å². The normalized spacial score (nSPS) is 11.8. The molecule has 0 aliphatic carbocycles. The maximum atomic E-state index is 12.0. The van der Waals surface area contributed by atoms with Crippen molar-refractivity contribution in [1.82, 2.24) is 15.3 Å². The fourth-order valence-corrected chi connectivity index (χ4v) is 3.30. The molecule has 0 bridgehead atoms. The monoisotopic (exact) mass is 390 g/mol. The average Bonchev–Trinajstić information content (AvgIpc) is 2.76. The molecule has 0 aliphatic rings.